The molecule has 1 heterocycles. The van der Waals surface area contributed by atoms with Gasteiger partial charge >= 0.3 is 0 Å². The van der Waals surface area contributed by atoms with Crippen LogP contribution in [0.2, 0.25) is 0 Å². The van der Waals surface area contributed by atoms with E-state index in [0.29, 0.717) is 6.17 Å². The Morgan fingerprint density at radius 2 is 1.24 bits per heavy atom. The lowest BCUT2D eigenvalue weighted by atomic mass is 10.1. The SMILES string of the molecule is CCC1N(c2ccccc2C)CCN1c1ccccc1C. The van der Waals surface area contributed by atoms with Gasteiger partial charge in [0.1, 0.15) is 6.17 Å². The number of hydrogen-bond donors (Lipinski definition) is 0. The number of para-hydroxylation sites is 2. The van der Waals surface area contributed by atoms with Gasteiger partial charge in [-0.05, 0) is 43.5 Å². The van der Waals surface area contributed by atoms with E-state index in [1.54, 1.807) is 0 Å². The maximum Gasteiger partial charge on any atom is 0.101 e. The molecule has 0 saturated carbocycles. The van der Waals surface area contributed by atoms with Crippen LogP contribution in [0.4, 0.5) is 11.4 Å². The third-order valence-electron chi connectivity index (χ3n) is 4.52. The lowest BCUT2D eigenvalue weighted by molar-refractivity contribution is 0.643. The largest absolute Gasteiger partial charge is 0.349 e. The maximum atomic E-state index is 2.56. The zero-order chi connectivity index (χ0) is 14.8. The molecule has 3 rings (SSSR count). The Hall–Kier alpha value is -1.96. The van der Waals surface area contributed by atoms with Gasteiger partial charge in [-0.15, -0.1) is 0 Å². The lowest BCUT2D eigenvalue weighted by Crippen LogP contribution is -2.39. The molecule has 2 aromatic carbocycles. The van der Waals surface area contributed by atoms with Crippen LogP contribution in [0.3, 0.4) is 0 Å². The van der Waals surface area contributed by atoms with Crippen LogP contribution in [-0.4, -0.2) is 19.3 Å². The van der Waals surface area contributed by atoms with E-state index in [0.717, 1.165) is 19.5 Å². The quantitative estimate of drug-likeness (QED) is 0.824. The summed E-state index contributed by atoms with van der Waals surface area (Å²) < 4.78 is 0. The highest BCUT2D eigenvalue weighted by molar-refractivity contribution is 5.61. The Balaban J connectivity index is 1.94. The van der Waals surface area contributed by atoms with Crippen molar-refractivity contribution in [1.82, 2.24) is 0 Å². The van der Waals surface area contributed by atoms with E-state index in [2.05, 4.69) is 79.1 Å². The van der Waals surface area contributed by atoms with Crippen LogP contribution in [0.25, 0.3) is 0 Å². The highest BCUT2D eigenvalue weighted by atomic mass is 15.4. The van der Waals surface area contributed by atoms with Crippen LogP contribution < -0.4 is 9.80 Å². The van der Waals surface area contributed by atoms with Crippen LogP contribution >= 0.6 is 0 Å². The summed E-state index contributed by atoms with van der Waals surface area (Å²) >= 11 is 0. The second kappa shape index (κ2) is 5.80. The summed E-state index contributed by atoms with van der Waals surface area (Å²) in [6.45, 7) is 8.89. The fourth-order valence-electron chi connectivity index (χ4n) is 3.46. The molecule has 0 spiro atoms. The minimum atomic E-state index is 0.451. The van der Waals surface area contributed by atoms with Gasteiger partial charge in [0.15, 0.2) is 0 Å². The van der Waals surface area contributed by atoms with Gasteiger partial charge in [-0.1, -0.05) is 43.3 Å². The fourth-order valence-corrected chi connectivity index (χ4v) is 3.46. The molecule has 110 valence electrons. The first kappa shape index (κ1) is 14.0. The minimum Gasteiger partial charge on any atom is -0.349 e. The standard InChI is InChI=1S/C19H24N2/c1-4-19-20(17-11-7-5-9-15(17)2)13-14-21(19)18-12-8-6-10-16(18)3/h5-12,19H,4,13-14H2,1-3H3. The van der Waals surface area contributed by atoms with E-state index in [9.17, 15) is 0 Å². The summed E-state index contributed by atoms with van der Waals surface area (Å²) in [7, 11) is 0. The van der Waals surface area contributed by atoms with Gasteiger partial charge in [0.25, 0.3) is 0 Å². The van der Waals surface area contributed by atoms with E-state index in [4.69, 9.17) is 0 Å². The second-order valence-electron chi connectivity index (χ2n) is 5.85. The van der Waals surface area contributed by atoms with Crippen molar-refractivity contribution in [3.05, 3.63) is 59.7 Å². The van der Waals surface area contributed by atoms with Crippen molar-refractivity contribution in [1.29, 1.82) is 0 Å². The number of hydrogen-bond acceptors (Lipinski definition) is 2. The summed E-state index contributed by atoms with van der Waals surface area (Å²) in [5.41, 5.74) is 5.48. The summed E-state index contributed by atoms with van der Waals surface area (Å²) in [6.07, 6.45) is 1.58. The third-order valence-corrected chi connectivity index (χ3v) is 4.52. The highest BCUT2D eigenvalue weighted by Crippen LogP contribution is 2.32. The molecular formula is C19H24N2. The minimum absolute atomic E-state index is 0.451. The van der Waals surface area contributed by atoms with Crippen LogP contribution in [0.1, 0.15) is 24.5 Å². The number of nitrogens with zero attached hydrogens (tertiary/aromatic N) is 2. The first-order valence-electron chi connectivity index (χ1n) is 7.87. The molecule has 1 fully saturated rings. The molecule has 0 bridgehead atoms. The summed E-state index contributed by atoms with van der Waals surface area (Å²) in [6, 6.07) is 17.4. The molecule has 1 aliphatic heterocycles. The van der Waals surface area contributed by atoms with Crippen molar-refractivity contribution < 1.29 is 0 Å². The first-order valence-corrected chi connectivity index (χ1v) is 7.87. The van der Waals surface area contributed by atoms with E-state index in [-0.39, 0.29) is 0 Å². The molecular weight excluding hydrogens is 256 g/mol. The average Bonchev–Trinajstić information content (AvgIpc) is 2.91. The van der Waals surface area contributed by atoms with Gasteiger partial charge in [-0.25, -0.2) is 0 Å². The van der Waals surface area contributed by atoms with Crippen molar-refractivity contribution in [3.8, 4) is 0 Å². The molecule has 2 heteroatoms. The Morgan fingerprint density at radius 3 is 1.62 bits per heavy atom. The van der Waals surface area contributed by atoms with Gasteiger partial charge in [-0.3, -0.25) is 0 Å². The monoisotopic (exact) mass is 280 g/mol. The maximum absolute atomic E-state index is 2.56. The van der Waals surface area contributed by atoms with Crippen LogP contribution in [-0.2, 0) is 0 Å². The van der Waals surface area contributed by atoms with Crippen LogP contribution in [0.15, 0.2) is 48.5 Å². The summed E-state index contributed by atoms with van der Waals surface area (Å²) in [5.74, 6) is 0. The molecule has 0 atom stereocenters. The summed E-state index contributed by atoms with van der Waals surface area (Å²) in [4.78, 5) is 5.11. The van der Waals surface area contributed by atoms with Gasteiger partial charge < -0.3 is 9.80 Å². The van der Waals surface area contributed by atoms with E-state index >= 15 is 0 Å². The Labute approximate surface area is 128 Å². The van der Waals surface area contributed by atoms with Crippen molar-refractivity contribution in [2.45, 2.75) is 33.4 Å². The Kier molecular flexibility index (Phi) is 3.87. The molecule has 0 amide bonds. The predicted molar refractivity (Wildman–Crippen MR) is 91.1 cm³/mol. The Bertz CT molecular complexity index is 567. The molecule has 0 radical (unpaired) electrons. The molecule has 2 aromatic rings. The second-order valence-corrected chi connectivity index (χ2v) is 5.85. The number of benzene rings is 2. The normalized spacial score (nSPS) is 15.8. The molecule has 21 heavy (non-hydrogen) atoms. The third kappa shape index (κ3) is 2.51. The molecule has 1 aliphatic rings. The predicted octanol–water partition coefficient (Wildman–Crippen LogP) is 4.37. The zero-order valence-corrected chi connectivity index (χ0v) is 13.2. The molecule has 0 N–H and O–H groups in total. The highest BCUT2D eigenvalue weighted by Gasteiger charge is 2.31. The molecule has 1 saturated heterocycles. The molecule has 2 nitrogen and oxygen atoms in total. The van der Waals surface area contributed by atoms with E-state index < -0.39 is 0 Å². The molecule has 0 aromatic heterocycles. The molecule has 0 unspecified atom stereocenters. The van der Waals surface area contributed by atoms with Gasteiger partial charge in [0, 0.05) is 24.5 Å². The van der Waals surface area contributed by atoms with Crippen molar-refractivity contribution in [3.63, 3.8) is 0 Å². The van der Waals surface area contributed by atoms with Crippen molar-refractivity contribution in [2.75, 3.05) is 22.9 Å². The fraction of sp³-hybridized carbons (Fsp3) is 0.368. The lowest BCUT2D eigenvalue weighted by Gasteiger charge is -2.33. The van der Waals surface area contributed by atoms with Crippen LogP contribution in [0, 0.1) is 13.8 Å². The number of rotatable bonds is 3. The van der Waals surface area contributed by atoms with Crippen molar-refractivity contribution >= 4 is 11.4 Å². The topological polar surface area (TPSA) is 6.48 Å². The van der Waals surface area contributed by atoms with Gasteiger partial charge in [0.05, 0.1) is 0 Å². The first-order chi connectivity index (χ1) is 10.2. The van der Waals surface area contributed by atoms with Gasteiger partial charge in [0.2, 0.25) is 0 Å². The zero-order valence-electron chi connectivity index (χ0n) is 13.2. The smallest absolute Gasteiger partial charge is 0.101 e. The van der Waals surface area contributed by atoms with Crippen molar-refractivity contribution in [2.24, 2.45) is 0 Å². The number of anilines is 2. The molecule has 0 aliphatic carbocycles. The average molecular weight is 280 g/mol. The summed E-state index contributed by atoms with van der Waals surface area (Å²) in [5, 5.41) is 0. The van der Waals surface area contributed by atoms with E-state index in [1.165, 1.54) is 22.5 Å². The Morgan fingerprint density at radius 1 is 0.810 bits per heavy atom. The van der Waals surface area contributed by atoms with E-state index in [1.807, 2.05) is 0 Å². The van der Waals surface area contributed by atoms with Crippen LogP contribution in [0.5, 0.6) is 0 Å². The number of aryl methyl sites for hydroxylation is 2. The van der Waals surface area contributed by atoms with Gasteiger partial charge in [-0.2, -0.15) is 0 Å².